The summed E-state index contributed by atoms with van der Waals surface area (Å²) in [4.78, 5) is 30.3. The van der Waals surface area contributed by atoms with Crippen LogP contribution in [-0.4, -0.2) is 23.3 Å². The fourth-order valence-electron chi connectivity index (χ4n) is 3.16. The maximum atomic E-state index is 13.3. The largest absolute Gasteiger partial charge is 0.312 e. The number of benzene rings is 2. The van der Waals surface area contributed by atoms with E-state index in [4.69, 9.17) is 11.6 Å². The number of carbonyl (C=O) groups excluding carboxylic acids is 2. The van der Waals surface area contributed by atoms with E-state index in [9.17, 15) is 14.0 Å². The standard InChI is InChI=1S/C20H15ClFN3O2S/c1-11(26)25-7-6-13-8-14(3-5-18(13)25)19(27)24-20-23-17(10-28-20)12-2-4-16(22)15(21)9-12/h2-5,8-10H,6-7H2,1H3,(H,23,24,27). The van der Waals surface area contributed by atoms with Gasteiger partial charge in [0.15, 0.2) is 5.13 Å². The molecule has 3 aromatic rings. The van der Waals surface area contributed by atoms with Crippen molar-refractivity contribution in [2.75, 3.05) is 16.8 Å². The summed E-state index contributed by atoms with van der Waals surface area (Å²) in [7, 11) is 0. The van der Waals surface area contributed by atoms with Crippen LogP contribution in [0.4, 0.5) is 15.2 Å². The van der Waals surface area contributed by atoms with Crippen molar-refractivity contribution >= 4 is 45.6 Å². The Bertz CT molecular complexity index is 1100. The highest BCUT2D eigenvalue weighted by Crippen LogP contribution is 2.30. The van der Waals surface area contributed by atoms with Gasteiger partial charge in [0.1, 0.15) is 5.82 Å². The van der Waals surface area contributed by atoms with Gasteiger partial charge in [-0.1, -0.05) is 11.6 Å². The van der Waals surface area contributed by atoms with Crippen LogP contribution in [0.3, 0.4) is 0 Å². The van der Waals surface area contributed by atoms with Gasteiger partial charge in [-0.15, -0.1) is 11.3 Å². The fraction of sp³-hybridized carbons (Fsp3) is 0.150. The van der Waals surface area contributed by atoms with E-state index in [0.717, 1.165) is 17.7 Å². The first-order valence-corrected chi connectivity index (χ1v) is 9.81. The molecule has 1 aromatic heterocycles. The second-order valence-electron chi connectivity index (χ2n) is 6.39. The number of hydrogen-bond donors (Lipinski definition) is 1. The summed E-state index contributed by atoms with van der Waals surface area (Å²) in [6, 6.07) is 9.67. The molecule has 1 aliphatic rings. The number of amides is 2. The van der Waals surface area contributed by atoms with Crippen LogP contribution in [0.1, 0.15) is 22.8 Å². The molecule has 0 unspecified atom stereocenters. The van der Waals surface area contributed by atoms with Crippen molar-refractivity contribution in [1.29, 1.82) is 0 Å². The Morgan fingerprint density at radius 1 is 1.25 bits per heavy atom. The van der Waals surface area contributed by atoms with Gasteiger partial charge in [0.25, 0.3) is 5.91 Å². The van der Waals surface area contributed by atoms with Crippen LogP contribution in [0.25, 0.3) is 11.3 Å². The predicted octanol–water partition coefficient (Wildman–Crippen LogP) is 4.76. The minimum atomic E-state index is -0.492. The normalized spacial score (nSPS) is 12.8. The van der Waals surface area contributed by atoms with Gasteiger partial charge in [-0.05, 0) is 48.4 Å². The fourth-order valence-corrected chi connectivity index (χ4v) is 4.05. The summed E-state index contributed by atoms with van der Waals surface area (Å²) in [6.45, 7) is 2.16. The van der Waals surface area contributed by atoms with E-state index in [1.165, 1.54) is 30.4 Å². The zero-order valence-electron chi connectivity index (χ0n) is 14.8. The first-order chi connectivity index (χ1) is 13.4. The first kappa shape index (κ1) is 18.6. The molecule has 0 spiro atoms. The summed E-state index contributed by atoms with van der Waals surface area (Å²) >= 11 is 7.09. The Morgan fingerprint density at radius 3 is 2.82 bits per heavy atom. The van der Waals surface area contributed by atoms with Crippen molar-refractivity contribution in [3.63, 3.8) is 0 Å². The number of hydrogen-bond acceptors (Lipinski definition) is 4. The summed E-state index contributed by atoms with van der Waals surface area (Å²) in [5.74, 6) is -0.775. The monoisotopic (exact) mass is 415 g/mol. The van der Waals surface area contributed by atoms with Gasteiger partial charge in [0, 0.05) is 35.7 Å². The van der Waals surface area contributed by atoms with Crippen molar-refractivity contribution in [2.45, 2.75) is 13.3 Å². The van der Waals surface area contributed by atoms with Gasteiger partial charge in [-0.3, -0.25) is 14.9 Å². The number of rotatable bonds is 3. The van der Waals surface area contributed by atoms with E-state index in [1.807, 2.05) is 6.07 Å². The molecule has 28 heavy (non-hydrogen) atoms. The van der Waals surface area contributed by atoms with Gasteiger partial charge in [-0.2, -0.15) is 0 Å². The molecule has 0 saturated carbocycles. The third kappa shape index (κ3) is 3.50. The van der Waals surface area contributed by atoms with Crippen LogP contribution in [0.2, 0.25) is 5.02 Å². The van der Waals surface area contributed by atoms with E-state index >= 15 is 0 Å². The van der Waals surface area contributed by atoms with Crippen LogP contribution in [0, 0.1) is 5.82 Å². The number of thiazole rings is 1. The van der Waals surface area contributed by atoms with Gasteiger partial charge in [0.2, 0.25) is 5.91 Å². The maximum Gasteiger partial charge on any atom is 0.257 e. The Hall–Kier alpha value is -2.77. The molecular weight excluding hydrogens is 401 g/mol. The minimum absolute atomic E-state index is 0.00726. The number of nitrogens with zero attached hydrogens (tertiary/aromatic N) is 2. The highest BCUT2D eigenvalue weighted by Gasteiger charge is 2.23. The first-order valence-electron chi connectivity index (χ1n) is 8.55. The van der Waals surface area contributed by atoms with Crippen molar-refractivity contribution in [2.24, 2.45) is 0 Å². The summed E-state index contributed by atoms with van der Waals surface area (Å²) < 4.78 is 13.3. The Labute approximate surface area is 169 Å². The zero-order valence-corrected chi connectivity index (χ0v) is 16.4. The van der Waals surface area contributed by atoms with Crippen LogP contribution >= 0.6 is 22.9 Å². The molecule has 0 saturated heterocycles. The molecule has 1 N–H and O–H groups in total. The lowest BCUT2D eigenvalue weighted by atomic mass is 10.1. The smallest absolute Gasteiger partial charge is 0.257 e. The van der Waals surface area contributed by atoms with Gasteiger partial charge >= 0.3 is 0 Å². The quantitative estimate of drug-likeness (QED) is 0.670. The molecular formula is C20H15ClFN3O2S. The maximum absolute atomic E-state index is 13.3. The average molecular weight is 416 g/mol. The van der Waals surface area contributed by atoms with Gasteiger partial charge < -0.3 is 4.90 Å². The minimum Gasteiger partial charge on any atom is -0.312 e. The number of halogens is 2. The highest BCUT2D eigenvalue weighted by atomic mass is 35.5. The van der Waals surface area contributed by atoms with Crippen molar-refractivity contribution in [1.82, 2.24) is 4.98 Å². The van der Waals surface area contributed by atoms with Gasteiger partial charge in [-0.25, -0.2) is 9.37 Å². The van der Waals surface area contributed by atoms with E-state index in [1.54, 1.807) is 28.5 Å². The molecule has 2 aromatic carbocycles. The molecule has 0 atom stereocenters. The average Bonchev–Trinajstić information content (AvgIpc) is 3.30. The molecule has 4 rings (SSSR count). The number of aromatic nitrogens is 1. The van der Waals surface area contributed by atoms with Crippen molar-refractivity contribution in [3.8, 4) is 11.3 Å². The Balaban J connectivity index is 1.51. The van der Waals surface area contributed by atoms with E-state index in [0.29, 0.717) is 28.5 Å². The topological polar surface area (TPSA) is 62.3 Å². The predicted molar refractivity (Wildman–Crippen MR) is 109 cm³/mol. The number of fused-ring (bicyclic) bond motifs is 1. The van der Waals surface area contributed by atoms with E-state index in [2.05, 4.69) is 10.3 Å². The SMILES string of the molecule is CC(=O)N1CCc2cc(C(=O)Nc3nc(-c4ccc(F)c(Cl)c4)cs3)ccc21. The molecule has 5 nitrogen and oxygen atoms in total. The second-order valence-corrected chi connectivity index (χ2v) is 7.65. The van der Waals surface area contributed by atoms with Gasteiger partial charge in [0.05, 0.1) is 10.7 Å². The number of nitrogens with one attached hydrogen (secondary N) is 1. The second kappa shape index (κ2) is 7.33. The molecule has 2 amide bonds. The van der Waals surface area contributed by atoms with Crippen molar-refractivity contribution < 1.29 is 14.0 Å². The molecule has 0 fully saturated rings. The molecule has 1 aliphatic heterocycles. The zero-order chi connectivity index (χ0) is 19.8. The summed E-state index contributed by atoms with van der Waals surface area (Å²) in [5, 5.41) is 5.01. The molecule has 142 valence electrons. The molecule has 2 heterocycles. The van der Waals surface area contributed by atoms with Crippen LogP contribution in [-0.2, 0) is 11.2 Å². The molecule has 8 heteroatoms. The highest BCUT2D eigenvalue weighted by molar-refractivity contribution is 7.14. The molecule has 0 radical (unpaired) electrons. The number of anilines is 2. The lowest BCUT2D eigenvalue weighted by molar-refractivity contribution is -0.116. The molecule has 0 aliphatic carbocycles. The third-order valence-corrected chi connectivity index (χ3v) is 5.60. The van der Waals surface area contributed by atoms with Crippen LogP contribution in [0.5, 0.6) is 0 Å². The van der Waals surface area contributed by atoms with Crippen LogP contribution < -0.4 is 10.2 Å². The Kier molecular flexibility index (Phi) is 4.87. The third-order valence-electron chi connectivity index (χ3n) is 4.56. The summed E-state index contributed by atoms with van der Waals surface area (Å²) in [6.07, 6.45) is 0.725. The van der Waals surface area contributed by atoms with Crippen LogP contribution in [0.15, 0.2) is 41.8 Å². The van der Waals surface area contributed by atoms with E-state index in [-0.39, 0.29) is 16.8 Å². The Morgan fingerprint density at radius 2 is 2.07 bits per heavy atom. The van der Waals surface area contributed by atoms with Crippen molar-refractivity contribution in [3.05, 3.63) is 63.7 Å². The number of carbonyl (C=O) groups is 2. The van der Waals surface area contributed by atoms with E-state index < -0.39 is 5.82 Å². The molecule has 0 bridgehead atoms. The lowest BCUT2D eigenvalue weighted by Crippen LogP contribution is -2.25. The lowest BCUT2D eigenvalue weighted by Gasteiger charge is -2.14. The summed E-state index contributed by atoms with van der Waals surface area (Å²) in [5.41, 5.74) is 3.61.